The van der Waals surface area contributed by atoms with E-state index in [1.807, 2.05) is 44.2 Å². The van der Waals surface area contributed by atoms with Crippen molar-refractivity contribution in [2.75, 3.05) is 19.8 Å². The molecule has 2 rings (SSSR count). The summed E-state index contributed by atoms with van der Waals surface area (Å²) >= 11 is 0. The zero-order valence-electron chi connectivity index (χ0n) is 29.4. The second-order valence-electron chi connectivity index (χ2n) is 13.8. The van der Waals surface area contributed by atoms with Crippen LogP contribution in [0, 0.1) is 5.41 Å². The van der Waals surface area contributed by atoms with Crippen molar-refractivity contribution in [3.05, 3.63) is 48.0 Å². The van der Waals surface area contributed by atoms with Gasteiger partial charge in [-0.1, -0.05) is 115 Å². The molecule has 0 bridgehead atoms. The van der Waals surface area contributed by atoms with E-state index in [1.165, 1.54) is 57.8 Å². The standard InChI is InChI=1S/C38H62N2O6/c1-6-7-8-9-10-11-12-13-14-15-16-17-18-19-23-26-33(41)40-32(31-24-21-20-22-25-31)29-44-34(42)27-28-39-36(43)35-37(2,3)30-45-38(4,5)46-35/h13-14,20-22,24-25,32,35H,6-12,15-19,23,26-30H2,1-5H3,(H,39,43)(H,40,41). The van der Waals surface area contributed by atoms with Crippen LogP contribution in [0.25, 0.3) is 0 Å². The first kappa shape index (κ1) is 39.5. The summed E-state index contributed by atoms with van der Waals surface area (Å²) in [5.74, 6) is -1.62. The van der Waals surface area contributed by atoms with Gasteiger partial charge in [-0.25, -0.2) is 0 Å². The summed E-state index contributed by atoms with van der Waals surface area (Å²) in [5.41, 5.74) is 0.383. The van der Waals surface area contributed by atoms with Crippen LogP contribution in [0.1, 0.15) is 143 Å². The number of carbonyl (C=O) groups is 3. The lowest BCUT2D eigenvalue weighted by Gasteiger charge is -2.44. The molecule has 1 saturated heterocycles. The van der Waals surface area contributed by atoms with E-state index in [-0.39, 0.29) is 31.4 Å². The Kier molecular flexibility index (Phi) is 18.8. The SMILES string of the molecule is CCCCCCCCC=CCCCCCCCC(=O)NC(COC(=O)CCNC(=O)C1OC(C)(C)OCC1(C)C)c1ccccc1. The van der Waals surface area contributed by atoms with Gasteiger partial charge in [0, 0.05) is 18.4 Å². The molecular formula is C38H62N2O6. The normalized spacial score (nSPS) is 17.8. The van der Waals surface area contributed by atoms with Gasteiger partial charge in [-0.05, 0) is 51.5 Å². The van der Waals surface area contributed by atoms with E-state index in [2.05, 4.69) is 29.7 Å². The van der Waals surface area contributed by atoms with E-state index in [1.54, 1.807) is 13.8 Å². The fourth-order valence-corrected chi connectivity index (χ4v) is 5.48. The smallest absolute Gasteiger partial charge is 0.307 e. The third-order valence-electron chi connectivity index (χ3n) is 8.38. The number of unbranched alkanes of at least 4 members (excludes halogenated alkanes) is 11. The molecule has 46 heavy (non-hydrogen) atoms. The Labute approximate surface area is 278 Å². The molecule has 0 saturated carbocycles. The number of esters is 1. The van der Waals surface area contributed by atoms with E-state index in [0.717, 1.165) is 31.2 Å². The molecule has 1 aliphatic heterocycles. The van der Waals surface area contributed by atoms with E-state index in [0.29, 0.717) is 13.0 Å². The van der Waals surface area contributed by atoms with Crippen molar-refractivity contribution < 1.29 is 28.6 Å². The maximum Gasteiger partial charge on any atom is 0.307 e. The van der Waals surface area contributed by atoms with Crippen molar-refractivity contribution in [1.29, 1.82) is 0 Å². The first-order valence-corrected chi connectivity index (χ1v) is 17.8. The molecule has 2 amide bonds. The largest absolute Gasteiger partial charge is 0.463 e. The molecule has 1 fully saturated rings. The van der Waals surface area contributed by atoms with Crippen LogP contribution in [-0.2, 0) is 28.6 Å². The van der Waals surface area contributed by atoms with E-state index >= 15 is 0 Å². The second kappa shape index (κ2) is 22.0. The van der Waals surface area contributed by atoms with Crippen molar-refractivity contribution in [2.24, 2.45) is 5.41 Å². The minimum absolute atomic E-state index is 0.0170. The lowest BCUT2D eigenvalue weighted by atomic mass is 9.85. The van der Waals surface area contributed by atoms with Crippen LogP contribution in [0.5, 0.6) is 0 Å². The van der Waals surface area contributed by atoms with Crippen molar-refractivity contribution >= 4 is 17.8 Å². The van der Waals surface area contributed by atoms with Crippen molar-refractivity contribution in [2.45, 2.75) is 149 Å². The molecule has 260 valence electrons. The summed E-state index contributed by atoms with van der Waals surface area (Å²) in [7, 11) is 0. The van der Waals surface area contributed by atoms with Crippen LogP contribution >= 0.6 is 0 Å². The predicted octanol–water partition coefficient (Wildman–Crippen LogP) is 8.11. The van der Waals surface area contributed by atoms with Gasteiger partial charge in [0.1, 0.15) is 12.7 Å². The van der Waals surface area contributed by atoms with E-state index in [9.17, 15) is 14.4 Å². The maximum absolute atomic E-state index is 12.8. The number of benzene rings is 1. The number of hydrogen-bond donors (Lipinski definition) is 2. The van der Waals surface area contributed by atoms with Crippen LogP contribution in [0.15, 0.2) is 42.5 Å². The zero-order chi connectivity index (χ0) is 33.7. The van der Waals surface area contributed by atoms with Gasteiger partial charge in [0.25, 0.3) is 0 Å². The molecule has 1 heterocycles. The second-order valence-corrected chi connectivity index (χ2v) is 13.8. The number of rotatable bonds is 23. The molecule has 0 radical (unpaired) electrons. The van der Waals surface area contributed by atoms with Gasteiger partial charge in [0.05, 0.1) is 19.1 Å². The predicted molar refractivity (Wildman–Crippen MR) is 184 cm³/mol. The van der Waals surface area contributed by atoms with Crippen molar-refractivity contribution in [3.63, 3.8) is 0 Å². The Balaban J connectivity index is 1.63. The first-order valence-electron chi connectivity index (χ1n) is 17.8. The molecule has 1 aromatic rings. The molecular weight excluding hydrogens is 580 g/mol. The van der Waals surface area contributed by atoms with Crippen LogP contribution in [0.4, 0.5) is 0 Å². The van der Waals surface area contributed by atoms with Crippen LogP contribution in [0.3, 0.4) is 0 Å². The lowest BCUT2D eigenvalue weighted by Crippen LogP contribution is -2.56. The minimum Gasteiger partial charge on any atom is -0.463 e. The van der Waals surface area contributed by atoms with Crippen molar-refractivity contribution in [3.8, 4) is 0 Å². The number of amides is 2. The Hall–Kier alpha value is -2.71. The van der Waals surface area contributed by atoms with Gasteiger partial charge < -0.3 is 24.8 Å². The Bertz CT molecular complexity index is 1040. The Morgan fingerprint density at radius 2 is 1.48 bits per heavy atom. The molecule has 2 unspecified atom stereocenters. The summed E-state index contributed by atoms with van der Waals surface area (Å²) in [6.45, 7) is 10.2. The highest BCUT2D eigenvalue weighted by molar-refractivity contribution is 5.82. The highest BCUT2D eigenvalue weighted by Gasteiger charge is 2.45. The van der Waals surface area contributed by atoms with Crippen molar-refractivity contribution in [1.82, 2.24) is 10.6 Å². The quantitative estimate of drug-likeness (QED) is 0.0710. The van der Waals surface area contributed by atoms with Gasteiger partial charge in [-0.3, -0.25) is 14.4 Å². The molecule has 8 heteroatoms. The highest BCUT2D eigenvalue weighted by atomic mass is 16.7. The molecule has 0 aliphatic carbocycles. The van der Waals surface area contributed by atoms with E-state index in [4.69, 9.17) is 14.2 Å². The summed E-state index contributed by atoms with van der Waals surface area (Å²) in [6, 6.07) is 9.10. The molecule has 2 N–H and O–H groups in total. The van der Waals surface area contributed by atoms with Crippen LogP contribution < -0.4 is 10.6 Å². The topological polar surface area (TPSA) is 103 Å². The molecule has 2 atom stereocenters. The lowest BCUT2D eigenvalue weighted by molar-refractivity contribution is -0.304. The number of ether oxygens (including phenoxy) is 3. The third kappa shape index (κ3) is 16.7. The Morgan fingerprint density at radius 1 is 0.870 bits per heavy atom. The molecule has 8 nitrogen and oxygen atoms in total. The summed E-state index contributed by atoms with van der Waals surface area (Å²) in [6.07, 6.45) is 20.2. The Morgan fingerprint density at radius 3 is 2.13 bits per heavy atom. The first-order chi connectivity index (χ1) is 22.0. The monoisotopic (exact) mass is 642 g/mol. The third-order valence-corrected chi connectivity index (χ3v) is 8.38. The molecule has 0 spiro atoms. The fourth-order valence-electron chi connectivity index (χ4n) is 5.48. The van der Waals surface area contributed by atoms with Gasteiger partial charge in [0.15, 0.2) is 5.79 Å². The van der Waals surface area contributed by atoms with Gasteiger partial charge in [-0.15, -0.1) is 0 Å². The van der Waals surface area contributed by atoms with Crippen LogP contribution in [0.2, 0.25) is 0 Å². The van der Waals surface area contributed by atoms with Crippen LogP contribution in [-0.4, -0.2) is 49.4 Å². The zero-order valence-corrected chi connectivity index (χ0v) is 29.4. The average Bonchev–Trinajstić information content (AvgIpc) is 3.02. The van der Waals surface area contributed by atoms with Gasteiger partial charge >= 0.3 is 5.97 Å². The number of nitrogens with one attached hydrogen (secondary N) is 2. The number of allylic oxidation sites excluding steroid dienone is 2. The minimum atomic E-state index is -0.850. The number of carbonyl (C=O) groups excluding carboxylic acids is 3. The van der Waals surface area contributed by atoms with Gasteiger partial charge in [-0.2, -0.15) is 0 Å². The van der Waals surface area contributed by atoms with Gasteiger partial charge in [0.2, 0.25) is 11.8 Å². The maximum atomic E-state index is 12.8. The molecule has 1 aliphatic rings. The van der Waals surface area contributed by atoms with E-state index < -0.39 is 29.3 Å². The number of hydrogen-bond acceptors (Lipinski definition) is 6. The average molecular weight is 643 g/mol. The summed E-state index contributed by atoms with van der Waals surface area (Å²) < 4.78 is 17.1. The molecule has 1 aromatic carbocycles. The molecule has 0 aromatic heterocycles. The fraction of sp³-hybridized carbons (Fsp3) is 0.711. The highest BCUT2D eigenvalue weighted by Crippen LogP contribution is 2.34. The summed E-state index contributed by atoms with van der Waals surface area (Å²) in [4.78, 5) is 38.1. The summed E-state index contributed by atoms with van der Waals surface area (Å²) in [5, 5.41) is 5.85.